The molecule has 0 amide bonds. The van der Waals surface area contributed by atoms with E-state index >= 15 is 0 Å². The van der Waals surface area contributed by atoms with Crippen molar-refractivity contribution in [3.8, 4) is 0 Å². The molecule has 0 nitrogen and oxygen atoms in total. The van der Waals surface area contributed by atoms with Gasteiger partial charge in [0.2, 0.25) is 0 Å². The predicted octanol–water partition coefficient (Wildman–Crippen LogP) is 7.37. The molecule has 0 radical (unpaired) electrons. The van der Waals surface area contributed by atoms with Crippen molar-refractivity contribution in [1.82, 2.24) is 0 Å². The summed E-state index contributed by atoms with van der Waals surface area (Å²) in [6.07, 6.45) is 21.3. The molecule has 0 aliphatic rings. The standard InChI is InChI=1S/C10H23P.C8H18/c1-2-3-4-5-6-7-8-9-10-11;1-3-5-7-8-6-4-2/h2-11H2,1H3;3-8H2,1-2H3. The number of hydrogen-bond acceptors (Lipinski definition) is 0. The highest BCUT2D eigenvalue weighted by molar-refractivity contribution is 7.16. The molecule has 0 aliphatic heterocycles. The third-order valence-corrected chi connectivity index (χ3v) is 3.92. The van der Waals surface area contributed by atoms with Gasteiger partial charge in [0.15, 0.2) is 0 Å². The number of unbranched alkanes of at least 4 members (excludes halogenated alkanes) is 12. The highest BCUT2D eigenvalue weighted by Gasteiger charge is 1.89. The minimum atomic E-state index is 1.29. The lowest BCUT2D eigenvalue weighted by molar-refractivity contribution is 0.586. The Hall–Kier alpha value is 0.430. The first kappa shape index (κ1) is 21.7. The minimum absolute atomic E-state index is 1.29. The Balaban J connectivity index is 0. The summed E-state index contributed by atoms with van der Waals surface area (Å²) in [7, 11) is 2.79. The molecule has 0 spiro atoms. The van der Waals surface area contributed by atoms with Crippen molar-refractivity contribution in [2.24, 2.45) is 0 Å². The van der Waals surface area contributed by atoms with Crippen molar-refractivity contribution < 1.29 is 0 Å². The van der Waals surface area contributed by atoms with E-state index in [1.807, 2.05) is 0 Å². The summed E-state index contributed by atoms with van der Waals surface area (Å²) in [5.74, 6) is 0. The first-order valence-corrected chi connectivity index (χ1v) is 9.85. The fourth-order valence-corrected chi connectivity index (χ4v) is 2.42. The summed E-state index contributed by atoms with van der Waals surface area (Å²) in [4.78, 5) is 0. The second-order valence-electron chi connectivity index (χ2n) is 5.68. The smallest absolute Gasteiger partial charge is 0.0381 e. The Labute approximate surface area is 126 Å². The van der Waals surface area contributed by atoms with Gasteiger partial charge in [-0.3, -0.25) is 0 Å². The molecule has 0 aromatic heterocycles. The molecule has 0 saturated carbocycles. The van der Waals surface area contributed by atoms with Crippen LogP contribution >= 0.6 is 9.24 Å². The second kappa shape index (κ2) is 23.5. The van der Waals surface area contributed by atoms with Crippen LogP contribution in [0, 0.1) is 0 Å². The van der Waals surface area contributed by atoms with E-state index in [1.54, 1.807) is 0 Å². The molecule has 0 N–H and O–H groups in total. The largest absolute Gasteiger partial charge is 0.138 e. The molecule has 0 rings (SSSR count). The second-order valence-corrected chi connectivity index (χ2v) is 6.26. The Morgan fingerprint density at radius 2 is 0.684 bits per heavy atom. The van der Waals surface area contributed by atoms with Gasteiger partial charge in [-0.1, -0.05) is 104 Å². The maximum Gasteiger partial charge on any atom is -0.0381 e. The first-order chi connectivity index (χ1) is 9.33. The van der Waals surface area contributed by atoms with E-state index in [9.17, 15) is 0 Å². The van der Waals surface area contributed by atoms with E-state index in [2.05, 4.69) is 30.0 Å². The summed E-state index contributed by atoms with van der Waals surface area (Å²) in [6, 6.07) is 0. The first-order valence-electron chi connectivity index (χ1n) is 9.03. The lowest BCUT2D eigenvalue weighted by Crippen LogP contribution is -1.80. The minimum Gasteiger partial charge on any atom is -0.138 e. The third kappa shape index (κ3) is 27.6. The van der Waals surface area contributed by atoms with Gasteiger partial charge in [-0.15, -0.1) is 9.24 Å². The zero-order chi connectivity index (χ0) is 14.6. The van der Waals surface area contributed by atoms with Crippen molar-refractivity contribution in [1.29, 1.82) is 0 Å². The summed E-state index contributed by atoms with van der Waals surface area (Å²) in [5, 5.41) is 0. The van der Waals surface area contributed by atoms with Crippen LogP contribution in [0.1, 0.15) is 111 Å². The summed E-state index contributed by atoms with van der Waals surface area (Å²) < 4.78 is 0. The molecule has 19 heavy (non-hydrogen) atoms. The summed E-state index contributed by atoms with van der Waals surface area (Å²) in [6.45, 7) is 6.78. The van der Waals surface area contributed by atoms with E-state index in [0.717, 1.165) is 0 Å². The zero-order valence-corrected chi connectivity index (χ0v) is 15.3. The van der Waals surface area contributed by atoms with Gasteiger partial charge < -0.3 is 0 Å². The monoisotopic (exact) mass is 288 g/mol. The number of rotatable bonds is 13. The Bertz CT molecular complexity index is 109. The van der Waals surface area contributed by atoms with Crippen LogP contribution in [0.25, 0.3) is 0 Å². The molecule has 0 aromatic rings. The van der Waals surface area contributed by atoms with Gasteiger partial charge in [0.25, 0.3) is 0 Å². The lowest BCUT2D eigenvalue weighted by Gasteiger charge is -1.98. The van der Waals surface area contributed by atoms with Gasteiger partial charge in [-0.05, 0) is 12.6 Å². The molecular weight excluding hydrogens is 247 g/mol. The van der Waals surface area contributed by atoms with E-state index in [1.165, 1.54) is 96.1 Å². The van der Waals surface area contributed by atoms with Gasteiger partial charge in [-0.25, -0.2) is 0 Å². The van der Waals surface area contributed by atoms with Crippen LogP contribution in [-0.2, 0) is 0 Å². The predicted molar refractivity (Wildman–Crippen MR) is 96.2 cm³/mol. The van der Waals surface area contributed by atoms with E-state index in [4.69, 9.17) is 0 Å². The van der Waals surface area contributed by atoms with Crippen LogP contribution in [0.5, 0.6) is 0 Å². The van der Waals surface area contributed by atoms with Crippen LogP contribution in [0.2, 0.25) is 0 Å². The van der Waals surface area contributed by atoms with Gasteiger partial charge in [0.05, 0.1) is 0 Å². The molecule has 0 bridgehead atoms. The fraction of sp³-hybridized carbons (Fsp3) is 1.00. The molecule has 118 valence electrons. The van der Waals surface area contributed by atoms with Crippen molar-refractivity contribution in [2.45, 2.75) is 111 Å². The van der Waals surface area contributed by atoms with Crippen molar-refractivity contribution in [2.75, 3.05) is 6.16 Å². The average Bonchev–Trinajstić information content (AvgIpc) is 2.44. The fourth-order valence-electron chi connectivity index (χ4n) is 2.13. The molecule has 1 atom stereocenters. The molecular formula is C18H41P. The molecule has 0 saturated heterocycles. The lowest BCUT2D eigenvalue weighted by atomic mass is 10.1. The van der Waals surface area contributed by atoms with E-state index in [-0.39, 0.29) is 0 Å². The SMILES string of the molecule is CCCCCCCC.CCCCCCCCCCP. The quantitative estimate of drug-likeness (QED) is 0.245. The van der Waals surface area contributed by atoms with Crippen LogP contribution in [0.3, 0.4) is 0 Å². The molecule has 0 fully saturated rings. The molecule has 1 heteroatoms. The molecule has 0 aromatic carbocycles. The van der Waals surface area contributed by atoms with Gasteiger partial charge in [0.1, 0.15) is 0 Å². The van der Waals surface area contributed by atoms with Crippen LogP contribution in [0.15, 0.2) is 0 Å². The zero-order valence-electron chi connectivity index (χ0n) is 14.2. The van der Waals surface area contributed by atoms with Gasteiger partial charge in [-0.2, -0.15) is 0 Å². The van der Waals surface area contributed by atoms with Gasteiger partial charge in [0, 0.05) is 0 Å². The Morgan fingerprint density at radius 1 is 0.421 bits per heavy atom. The maximum absolute atomic E-state index is 2.79. The summed E-state index contributed by atoms with van der Waals surface area (Å²) >= 11 is 0. The highest BCUT2D eigenvalue weighted by Crippen LogP contribution is 2.08. The van der Waals surface area contributed by atoms with Crippen LogP contribution < -0.4 is 0 Å². The van der Waals surface area contributed by atoms with Crippen molar-refractivity contribution >= 4 is 9.24 Å². The highest BCUT2D eigenvalue weighted by atomic mass is 31.0. The average molecular weight is 288 g/mol. The molecule has 0 heterocycles. The van der Waals surface area contributed by atoms with Crippen LogP contribution in [0.4, 0.5) is 0 Å². The number of hydrogen-bond donors (Lipinski definition) is 0. The van der Waals surface area contributed by atoms with Gasteiger partial charge >= 0.3 is 0 Å². The maximum atomic E-state index is 2.79. The molecule has 0 aliphatic carbocycles. The normalized spacial score (nSPS) is 10.1. The Morgan fingerprint density at radius 3 is 0.947 bits per heavy atom. The van der Waals surface area contributed by atoms with Crippen molar-refractivity contribution in [3.05, 3.63) is 0 Å². The van der Waals surface area contributed by atoms with Crippen molar-refractivity contribution in [3.63, 3.8) is 0 Å². The molecule has 1 unspecified atom stereocenters. The Kier molecular flexibility index (Phi) is 26.9. The van der Waals surface area contributed by atoms with E-state index < -0.39 is 0 Å². The third-order valence-electron chi connectivity index (χ3n) is 3.51. The van der Waals surface area contributed by atoms with E-state index in [0.29, 0.717) is 0 Å². The topological polar surface area (TPSA) is 0 Å². The van der Waals surface area contributed by atoms with Crippen LogP contribution in [-0.4, -0.2) is 6.16 Å². The summed E-state index contributed by atoms with van der Waals surface area (Å²) in [5.41, 5.74) is 0.